The van der Waals surface area contributed by atoms with Crippen molar-refractivity contribution >= 4 is 11.6 Å². The zero-order valence-corrected chi connectivity index (χ0v) is 10.6. The molecule has 1 aliphatic heterocycles. The number of hydrogen-bond acceptors (Lipinski definition) is 5. The molecule has 0 unspecified atom stereocenters. The topological polar surface area (TPSA) is 80.5 Å². The second kappa shape index (κ2) is 4.91. The summed E-state index contributed by atoms with van der Waals surface area (Å²) in [5, 5.41) is 0. The van der Waals surface area contributed by atoms with Crippen LogP contribution in [0.1, 0.15) is 24.3 Å². The second-order valence-corrected chi connectivity index (χ2v) is 4.90. The van der Waals surface area contributed by atoms with Crippen molar-refractivity contribution in [2.45, 2.75) is 19.4 Å². The van der Waals surface area contributed by atoms with Crippen molar-refractivity contribution < 1.29 is 9.53 Å². The lowest BCUT2D eigenvalue weighted by molar-refractivity contribution is -0.0373. The van der Waals surface area contributed by atoms with Crippen LogP contribution < -0.4 is 11.3 Å². The van der Waals surface area contributed by atoms with Crippen LogP contribution in [0.2, 0.25) is 0 Å². The molecule has 0 bridgehead atoms. The van der Waals surface area contributed by atoms with Gasteiger partial charge in [-0.3, -0.25) is 15.6 Å². The van der Waals surface area contributed by atoms with Crippen LogP contribution in [-0.4, -0.2) is 41.1 Å². The molecule has 2 heterocycles. The Morgan fingerprint density at radius 2 is 2.39 bits per heavy atom. The number of morpholine rings is 1. The number of carbonyl (C=O) groups excluding carboxylic acids is 1. The predicted octanol–water partition coefficient (Wildman–Crippen LogP) is 0.618. The van der Waals surface area contributed by atoms with Crippen LogP contribution in [0.5, 0.6) is 0 Å². The highest BCUT2D eigenvalue weighted by atomic mass is 16.5. The van der Waals surface area contributed by atoms with Gasteiger partial charge in [0.05, 0.1) is 24.4 Å². The van der Waals surface area contributed by atoms with Gasteiger partial charge in [-0.15, -0.1) is 0 Å². The largest absolute Gasteiger partial charge is 0.377 e. The molecular weight excluding hydrogens is 232 g/mol. The molecule has 2 rings (SSSR count). The predicted molar refractivity (Wildman–Crippen MR) is 68.0 cm³/mol. The van der Waals surface area contributed by atoms with Crippen LogP contribution in [0.4, 0.5) is 5.69 Å². The maximum Gasteiger partial charge on any atom is 0.273 e. The highest BCUT2D eigenvalue weighted by molar-refractivity contribution is 5.93. The fourth-order valence-corrected chi connectivity index (χ4v) is 2.01. The van der Waals surface area contributed by atoms with Crippen LogP contribution in [0, 0.1) is 0 Å². The van der Waals surface area contributed by atoms with Crippen LogP contribution in [0.3, 0.4) is 0 Å². The summed E-state index contributed by atoms with van der Waals surface area (Å²) in [5.41, 5.74) is 3.25. The van der Waals surface area contributed by atoms with Crippen molar-refractivity contribution in [3.63, 3.8) is 0 Å². The van der Waals surface area contributed by atoms with Gasteiger partial charge in [0.25, 0.3) is 5.91 Å². The van der Waals surface area contributed by atoms with Crippen LogP contribution in [-0.2, 0) is 4.74 Å². The SMILES string of the molecule is CC1(C)COCCN1C(=O)c1cc(NN)ccn1. The number of amides is 1. The van der Waals surface area contributed by atoms with Crippen LogP contribution in [0.25, 0.3) is 0 Å². The molecule has 1 amide bonds. The summed E-state index contributed by atoms with van der Waals surface area (Å²) in [5.74, 6) is 5.23. The van der Waals surface area contributed by atoms with Crippen molar-refractivity contribution in [3.05, 3.63) is 24.0 Å². The number of nitrogens with zero attached hydrogens (tertiary/aromatic N) is 2. The Kier molecular flexibility index (Phi) is 3.49. The molecule has 6 heteroatoms. The molecule has 3 N–H and O–H groups in total. The molecule has 18 heavy (non-hydrogen) atoms. The van der Waals surface area contributed by atoms with E-state index in [0.717, 1.165) is 0 Å². The van der Waals surface area contributed by atoms with E-state index in [1.165, 1.54) is 0 Å². The molecule has 0 atom stereocenters. The van der Waals surface area contributed by atoms with Gasteiger partial charge < -0.3 is 15.1 Å². The summed E-state index contributed by atoms with van der Waals surface area (Å²) >= 11 is 0. The Labute approximate surface area is 106 Å². The number of ether oxygens (including phenoxy) is 1. The minimum absolute atomic E-state index is 0.0969. The van der Waals surface area contributed by atoms with E-state index in [0.29, 0.717) is 31.1 Å². The first-order chi connectivity index (χ1) is 8.54. The Morgan fingerprint density at radius 3 is 3.06 bits per heavy atom. The molecule has 1 saturated heterocycles. The molecular formula is C12H18N4O2. The molecule has 6 nitrogen and oxygen atoms in total. The van der Waals surface area contributed by atoms with E-state index in [1.54, 1.807) is 23.2 Å². The van der Waals surface area contributed by atoms with Gasteiger partial charge >= 0.3 is 0 Å². The van der Waals surface area contributed by atoms with Crippen LogP contribution in [0.15, 0.2) is 18.3 Å². The average Bonchev–Trinajstić information content (AvgIpc) is 2.37. The number of rotatable bonds is 2. The highest BCUT2D eigenvalue weighted by Crippen LogP contribution is 2.21. The van der Waals surface area contributed by atoms with Gasteiger partial charge in [0, 0.05) is 12.7 Å². The van der Waals surface area contributed by atoms with E-state index in [-0.39, 0.29) is 11.4 Å². The lowest BCUT2D eigenvalue weighted by Crippen LogP contribution is -2.55. The lowest BCUT2D eigenvalue weighted by Gasteiger charge is -2.41. The zero-order valence-electron chi connectivity index (χ0n) is 10.6. The van der Waals surface area contributed by atoms with Gasteiger partial charge in [-0.1, -0.05) is 0 Å². The number of carbonyl (C=O) groups is 1. The molecule has 0 radical (unpaired) electrons. The first-order valence-corrected chi connectivity index (χ1v) is 5.87. The molecule has 1 fully saturated rings. The zero-order chi connectivity index (χ0) is 13.2. The third kappa shape index (κ3) is 2.44. The number of nitrogens with one attached hydrogen (secondary N) is 1. The average molecular weight is 250 g/mol. The quantitative estimate of drug-likeness (QED) is 0.594. The molecule has 1 aromatic rings. The maximum atomic E-state index is 12.4. The molecule has 1 aliphatic rings. The molecule has 1 aromatic heterocycles. The van der Waals surface area contributed by atoms with E-state index in [2.05, 4.69) is 10.4 Å². The van der Waals surface area contributed by atoms with Crippen molar-refractivity contribution in [1.29, 1.82) is 0 Å². The molecule has 0 aromatic carbocycles. The Bertz CT molecular complexity index is 447. The van der Waals surface area contributed by atoms with E-state index >= 15 is 0 Å². The van der Waals surface area contributed by atoms with Gasteiger partial charge in [0.15, 0.2) is 0 Å². The summed E-state index contributed by atoms with van der Waals surface area (Å²) in [6, 6.07) is 3.36. The number of pyridine rings is 1. The number of hydrogen-bond donors (Lipinski definition) is 2. The fraction of sp³-hybridized carbons (Fsp3) is 0.500. The van der Waals surface area contributed by atoms with Gasteiger partial charge in [-0.05, 0) is 26.0 Å². The number of hydrazine groups is 1. The van der Waals surface area contributed by atoms with Crippen molar-refractivity contribution in [2.24, 2.45) is 5.84 Å². The van der Waals surface area contributed by atoms with Gasteiger partial charge in [-0.25, -0.2) is 0 Å². The standard InChI is InChI=1S/C12H18N4O2/c1-12(2)8-18-6-5-16(12)11(17)10-7-9(15-13)3-4-14-10/h3-4,7H,5-6,8,13H2,1-2H3,(H,14,15). The van der Waals surface area contributed by atoms with E-state index in [9.17, 15) is 4.79 Å². The summed E-state index contributed by atoms with van der Waals surface area (Å²) in [6.45, 7) is 5.63. The number of nitrogen functional groups attached to an aromatic ring is 1. The van der Waals surface area contributed by atoms with Gasteiger partial charge in [-0.2, -0.15) is 0 Å². The molecule has 0 aliphatic carbocycles. The Balaban J connectivity index is 2.24. The third-order valence-corrected chi connectivity index (χ3v) is 3.04. The fourth-order valence-electron chi connectivity index (χ4n) is 2.01. The number of anilines is 1. The summed E-state index contributed by atoms with van der Waals surface area (Å²) in [6.07, 6.45) is 1.57. The minimum atomic E-state index is -0.316. The third-order valence-electron chi connectivity index (χ3n) is 3.04. The lowest BCUT2D eigenvalue weighted by atomic mass is 10.0. The highest BCUT2D eigenvalue weighted by Gasteiger charge is 2.35. The molecule has 0 saturated carbocycles. The molecule has 98 valence electrons. The summed E-state index contributed by atoms with van der Waals surface area (Å²) < 4.78 is 5.40. The van der Waals surface area contributed by atoms with E-state index in [1.807, 2.05) is 13.8 Å². The Morgan fingerprint density at radius 1 is 1.61 bits per heavy atom. The number of nitrogens with two attached hydrogens (primary N) is 1. The Hall–Kier alpha value is -1.66. The van der Waals surface area contributed by atoms with E-state index in [4.69, 9.17) is 10.6 Å². The van der Waals surface area contributed by atoms with Gasteiger partial charge in [0.2, 0.25) is 0 Å². The van der Waals surface area contributed by atoms with Crippen molar-refractivity contribution in [3.8, 4) is 0 Å². The summed E-state index contributed by atoms with van der Waals surface area (Å²) in [4.78, 5) is 18.3. The smallest absolute Gasteiger partial charge is 0.273 e. The second-order valence-electron chi connectivity index (χ2n) is 4.90. The minimum Gasteiger partial charge on any atom is -0.377 e. The monoisotopic (exact) mass is 250 g/mol. The normalized spacial score (nSPS) is 18.5. The van der Waals surface area contributed by atoms with Crippen molar-refractivity contribution in [1.82, 2.24) is 9.88 Å². The van der Waals surface area contributed by atoms with Gasteiger partial charge in [0.1, 0.15) is 5.69 Å². The maximum absolute atomic E-state index is 12.4. The van der Waals surface area contributed by atoms with Crippen molar-refractivity contribution in [2.75, 3.05) is 25.2 Å². The molecule has 0 spiro atoms. The van der Waals surface area contributed by atoms with Crippen LogP contribution >= 0.6 is 0 Å². The number of aromatic nitrogens is 1. The first-order valence-electron chi connectivity index (χ1n) is 5.87. The first kappa shape index (κ1) is 12.8. The summed E-state index contributed by atoms with van der Waals surface area (Å²) in [7, 11) is 0. The van der Waals surface area contributed by atoms with E-state index < -0.39 is 0 Å².